The summed E-state index contributed by atoms with van der Waals surface area (Å²) in [7, 11) is 0. The maximum absolute atomic E-state index is 12.9. The van der Waals surface area contributed by atoms with Gasteiger partial charge < -0.3 is 10.8 Å². The second kappa shape index (κ2) is 5.84. The van der Waals surface area contributed by atoms with Crippen molar-refractivity contribution in [3.63, 3.8) is 0 Å². The van der Waals surface area contributed by atoms with Crippen LogP contribution in [0.15, 0.2) is 18.2 Å². The van der Waals surface area contributed by atoms with Gasteiger partial charge in [0, 0.05) is 0 Å². The predicted octanol–water partition coefficient (Wildman–Crippen LogP) is 3.74. The SMILES string of the molecule is CC(C)[C@@H](O)[C@@H](N)c1ccc(C(F)(F)F)cc1C(F)(F)F. The summed E-state index contributed by atoms with van der Waals surface area (Å²) in [5.41, 5.74) is 2.11. The minimum Gasteiger partial charge on any atom is -0.391 e. The molecule has 0 aliphatic rings. The van der Waals surface area contributed by atoms with Gasteiger partial charge in [-0.15, -0.1) is 0 Å². The zero-order valence-electron chi connectivity index (χ0n) is 11.3. The van der Waals surface area contributed by atoms with Crippen molar-refractivity contribution in [2.75, 3.05) is 0 Å². The second-order valence-electron chi connectivity index (χ2n) is 5.06. The van der Waals surface area contributed by atoms with Gasteiger partial charge in [-0.2, -0.15) is 26.3 Å². The van der Waals surface area contributed by atoms with Crippen LogP contribution >= 0.6 is 0 Å². The average Bonchev–Trinajstić information content (AvgIpc) is 2.34. The van der Waals surface area contributed by atoms with Crippen LogP contribution in [0.5, 0.6) is 0 Å². The number of alkyl halides is 6. The summed E-state index contributed by atoms with van der Waals surface area (Å²) < 4.78 is 76.4. The van der Waals surface area contributed by atoms with Gasteiger partial charge in [0.1, 0.15) is 0 Å². The largest absolute Gasteiger partial charge is 0.416 e. The number of hydrogen-bond acceptors (Lipinski definition) is 2. The van der Waals surface area contributed by atoms with Gasteiger partial charge in [-0.1, -0.05) is 19.9 Å². The van der Waals surface area contributed by atoms with E-state index in [0.29, 0.717) is 12.1 Å². The molecule has 0 amide bonds. The highest BCUT2D eigenvalue weighted by atomic mass is 19.4. The van der Waals surface area contributed by atoms with E-state index in [-0.39, 0.29) is 6.07 Å². The normalized spacial score (nSPS) is 16.1. The van der Waals surface area contributed by atoms with Crippen LogP contribution < -0.4 is 5.73 Å². The molecule has 0 unspecified atom stereocenters. The van der Waals surface area contributed by atoms with E-state index >= 15 is 0 Å². The highest BCUT2D eigenvalue weighted by molar-refractivity contribution is 5.38. The standard InChI is InChI=1S/C13H15F6NO/c1-6(2)11(21)10(20)8-4-3-7(12(14,15)16)5-9(8)13(17,18)19/h3-6,10-11,21H,20H2,1-2H3/t10-,11+/m0/s1. The first kappa shape index (κ1) is 17.8. The molecule has 120 valence electrons. The highest BCUT2D eigenvalue weighted by Crippen LogP contribution is 2.39. The van der Waals surface area contributed by atoms with Gasteiger partial charge in [0.15, 0.2) is 0 Å². The lowest BCUT2D eigenvalue weighted by molar-refractivity contribution is -0.143. The lowest BCUT2D eigenvalue weighted by Crippen LogP contribution is -2.32. The van der Waals surface area contributed by atoms with Gasteiger partial charge in [0.05, 0.1) is 23.3 Å². The van der Waals surface area contributed by atoms with Crippen molar-refractivity contribution in [2.45, 2.75) is 38.3 Å². The molecule has 2 atom stereocenters. The van der Waals surface area contributed by atoms with Crippen LogP contribution in [0.25, 0.3) is 0 Å². The third-order valence-electron chi connectivity index (χ3n) is 3.10. The Morgan fingerprint density at radius 3 is 1.90 bits per heavy atom. The van der Waals surface area contributed by atoms with Crippen molar-refractivity contribution >= 4 is 0 Å². The van der Waals surface area contributed by atoms with E-state index in [2.05, 4.69) is 0 Å². The molecule has 0 aliphatic carbocycles. The summed E-state index contributed by atoms with van der Waals surface area (Å²) in [5.74, 6) is -0.441. The molecule has 0 saturated carbocycles. The Morgan fingerprint density at radius 2 is 1.52 bits per heavy atom. The summed E-state index contributed by atoms with van der Waals surface area (Å²) in [6.07, 6.45) is -11.2. The molecule has 21 heavy (non-hydrogen) atoms. The molecule has 2 nitrogen and oxygen atoms in total. The zero-order valence-corrected chi connectivity index (χ0v) is 11.3. The summed E-state index contributed by atoms with van der Waals surface area (Å²) in [5, 5.41) is 9.75. The minimum absolute atomic E-state index is 0.0161. The van der Waals surface area contributed by atoms with Crippen molar-refractivity contribution in [3.05, 3.63) is 34.9 Å². The Kier molecular flexibility index (Phi) is 4.94. The number of nitrogens with two attached hydrogens (primary N) is 1. The van der Waals surface area contributed by atoms with E-state index < -0.39 is 47.1 Å². The van der Waals surface area contributed by atoms with Crippen molar-refractivity contribution in [1.82, 2.24) is 0 Å². The summed E-state index contributed by atoms with van der Waals surface area (Å²) >= 11 is 0. The van der Waals surface area contributed by atoms with Crippen molar-refractivity contribution in [1.29, 1.82) is 0 Å². The van der Waals surface area contributed by atoms with Gasteiger partial charge in [-0.3, -0.25) is 0 Å². The maximum atomic E-state index is 12.9. The highest BCUT2D eigenvalue weighted by Gasteiger charge is 2.40. The van der Waals surface area contributed by atoms with Crippen LogP contribution in [0, 0.1) is 5.92 Å². The van der Waals surface area contributed by atoms with Gasteiger partial charge in [0.25, 0.3) is 0 Å². The van der Waals surface area contributed by atoms with Crippen LogP contribution in [-0.2, 0) is 12.4 Å². The number of hydrogen-bond donors (Lipinski definition) is 2. The summed E-state index contributed by atoms with van der Waals surface area (Å²) in [4.78, 5) is 0. The van der Waals surface area contributed by atoms with Crippen LogP contribution in [0.4, 0.5) is 26.3 Å². The van der Waals surface area contributed by atoms with E-state index in [1.807, 2.05) is 0 Å². The fourth-order valence-corrected chi connectivity index (χ4v) is 1.87. The number of halogens is 6. The molecule has 0 heterocycles. The molecule has 0 aromatic heterocycles. The lowest BCUT2D eigenvalue weighted by Gasteiger charge is -2.26. The Bertz CT molecular complexity index is 494. The molecule has 0 bridgehead atoms. The predicted molar refractivity (Wildman–Crippen MR) is 64.2 cm³/mol. The zero-order chi connectivity index (χ0) is 16.6. The molecule has 0 radical (unpaired) electrons. The van der Waals surface area contributed by atoms with Crippen molar-refractivity contribution in [2.24, 2.45) is 11.7 Å². The Morgan fingerprint density at radius 1 is 1.00 bits per heavy atom. The molecule has 0 spiro atoms. The Hall–Kier alpha value is -1.28. The summed E-state index contributed by atoms with van der Waals surface area (Å²) in [6, 6.07) is -0.217. The van der Waals surface area contributed by atoms with Crippen LogP contribution in [0.1, 0.15) is 36.6 Å². The fraction of sp³-hybridized carbons (Fsp3) is 0.538. The first-order valence-electron chi connectivity index (χ1n) is 6.07. The molecule has 0 aliphatic heterocycles. The van der Waals surface area contributed by atoms with E-state index in [9.17, 15) is 31.4 Å². The van der Waals surface area contributed by atoms with E-state index in [0.717, 1.165) is 0 Å². The smallest absolute Gasteiger partial charge is 0.391 e. The van der Waals surface area contributed by atoms with Crippen LogP contribution in [-0.4, -0.2) is 11.2 Å². The van der Waals surface area contributed by atoms with Crippen LogP contribution in [0.2, 0.25) is 0 Å². The van der Waals surface area contributed by atoms with Crippen molar-refractivity contribution < 1.29 is 31.4 Å². The Balaban J connectivity index is 3.40. The average molecular weight is 315 g/mol. The van der Waals surface area contributed by atoms with E-state index in [1.165, 1.54) is 0 Å². The lowest BCUT2D eigenvalue weighted by atomic mass is 9.90. The molecule has 1 aromatic rings. The van der Waals surface area contributed by atoms with Gasteiger partial charge >= 0.3 is 12.4 Å². The molecular weight excluding hydrogens is 300 g/mol. The molecule has 0 saturated heterocycles. The maximum Gasteiger partial charge on any atom is 0.416 e. The quantitative estimate of drug-likeness (QED) is 0.835. The Labute approximate surface area is 117 Å². The van der Waals surface area contributed by atoms with E-state index in [1.54, 1.807) is 13.8 Å². The third-order valence-corrected chi connectivity index (χ3v) is 3.10. The first-order valence-corrected chi connectivity index (χ1v) is 6.07. The van der Waals surface area contributed by atoms with Crippen LogP contribution in [0.3, 0.4) is 0 Å². The fourth-order valence-electron chi connectivity index (χ4n) is 1.87. The number of aliphatic hydroxyl groups is 1. The molecule has 8 heteroatoms. The van der Waals surface area contributed by atoms with Gasteiger partial charge in [-0.05, 0) is 23.6 Å². The first-order chi connectivity index (χ1) is 9.35. The molecule has 1 rings (SSSR count). The molecule has 0 fully saturated rings. The molecule has 1 aromatic carbocycles. The number of benzene rings is 1. The molecule has 3 N–H and O–H groups in total. The number of rotatable bonds is 3. The van der Waals surface area contributed by atoms with Crippen molar-refractivity contribution in [3.8, 4) is 0 Å². The van der Waals surface area contributed by atoms with Gasteiger partial charge in [0.2, 0.25) is 0 Å². The monoisotopic (exact) mass is 315 g/mol. The number of aliphatic hydroxyl groups excluding tert-OH is 1. The molecular formula is C13H15F6NO. The minimum atomic E-state index is -5.00. The van der Waals surface area contributed by atoms with Gasteiger partial charge in [-0.25, -0.2) is 0 Å². The topological polar surface area (TPSA) is 46.2 Å². The van der Waals surface area contributed by atoms with E-state index in [4.69, 9.17) is 5.73 Å². The second-order valence-corrected chi connectivity index (χ2v) is 5.06. The summed E-state index contributed by atoms with van der Waals surface area (Å²) in [6.45, 7) is 3.09. The third kappa shape index (κ3) is 4.10.